The number of hydrogen-bond acceptors (Lipinski definition) is 4. The van der Waals surface area contributed by atoms with Crippen molar-refractivity contribution in [1.82, 2.24) is 10.6 Å². The molecule has 4 aliphatic carbocycles. The van der Waals surface area contributed by atoms with Crippen molar-refractivity contribution in [3.63, 3.8) is 0 Å². The summed E-state index contributed by atoms with van der Waals surface area (Å²) in [6.07, 6.45) is 9.32. The van der Waals surface area contributed by atoms with Gasteiger partial charge in [-0.2, -0.15) is 0 Å². The third-order valence-corrected chi connectivity index (χ3v) is 7.37. The second-order valence-electron chi connectivity index (χ2n) is 8.25. The summed E-state index contributed by atoms with van der Waals surface area (Å²) in [6.45, 7) is 0. The van der Waals surface area contributed by atoms with Crippen molar-refractivity contribution in [2.75, 3.05) is 0 Å². The lowest BCUT2D eigenvalue weighted by Gasteiger charge is -2.40. The Morgan fingerprint density at radius 2 is 1.05 bits per heavy atom. The first-order valence-corrected chi connectivity index (χ1v) is 9.35. The molecule has 22 heavy (non-hydrogen) atoms. The molecule has 1 aliphatic heterocycles. The zero-order chi connectivity index (χ0) is 14.8. The van der Waals surface area contributed by atoms with Gasteiger partial charge in [-0.15, -0.1) is 0 Å². The third kappa shape index (κ3) is 1.71. The number of hydrogen-bond donors (Lipinski definition) is 2. The number of carbonyl (C=O) groups excluding carboxylic acids is 2. The van der Waals surface area contributed by atoms with Gasteiger partial charge in [0.15, 0.2) is 11.6 Å². The first-order valence-electron chi connectivity index (χ1n) is 9.35. The molecule has 1 saturated heterocycles. The topological polar surface area (TPSA) is 58.2 Å². The van der Waals surface area contributed by atoms with Crippen LogP contribution in [0.1, 0.15) is 51.4 Å². The molecule has 0 amide bonds. The standard InChI is InChI=1S/C18H26N2O2/c21-17-11-7-3-1-5-9(11)13-15(17)20-14-10-6-2-4-8-12(10)18(22)16(14)19-13/h9-16,19-20H,1-8H2. The summed E-state index contributed by atoms with van der Waals surface area (Å²) >= 11 is 0. The summed E-state index contributed by atoms with van der Waals surface area (Å²) in [7, 11) is 0. The van der Waals surface area contributed by atoms with E-state index in [9.17, 15) is 9.59 Å². The van der Waals surface area contributed by atoms with Gasteiger partial charge in [-0.05, 0) is 37.5 Å². The van der Waals surface area contributed by atoms with Crippen molar-refractivity contribution in [2.45, 2.75) is 75.5 Å². The van der Waals surface area contributed by atoms with Crippen LogP contribution in [0.5, 0.6) is 0 Å². The number of ketones is 2. The van der Waals surface area contributed by atoms with Gasteiger partial charge in [-0.3, -0.25) is 9.59 Å². The fraction of sp³-hybridized carbons (Fsp3) is 0.889. The summed E-state index contributed by atoms with van der Waals surface area (Å²) < 4.78 is 0. The molecule has 0 aromatic heterocycles. The Hall–Kier alpha value is -0.740. The average molecular weight is 302 g/mol. The van der Waals surface area contributed by atoms with Crippen LogP contribution in [-0.4, -0.2) is 35.7 Å². The molecule has 5 rings (SSSR count). The quantitative estimate of drug-likeness (QED) is 0.711. The molecule has 4 saturated carbocycles. The highest BCUT2D eigenvalue weighted by Gasteiger charge is 2.60. The summed E-state index contributed by atoms with van der Waals surface area (Å²) in [5, 5.41) is 7.36. The van der Waals surface area contributed by atoms with Crippen molar-refractivity contribution in [1.29, 1.82) is 0 Å². The third-order valence-electron chi connectivity index (χ3n) is 7.37. The van der Waals surface area contributed by atoms with Crippen LogP contribution in [0.2, 0.25) is 0 Å². The van der Waals surface area contributed by atoms with Gasteiger partial charge in [0.25, 0.3) is 0 Å². The van der Waals surface area contributed by atoms with E-state index in [1.165, 1.54) is 25.7 Å². The minimum Gasteiger partial charge on any atom is -0.301 e. The highest BCUT2D eigenvalue weighted by Crippen LogP contribution is 2.46. The molecule has 5 fully saturated rings. The van der Waals surface area contributed by atoms with Crippen LogP contribution in [0.25, 0.3) is 0 Å². The minimum absolute atomic E-state index is 0.0252. The Morgan fingerprint density at radius 1 is 0.636 bits per heavy atom. The van der Waals surface area contributed by atoms with Gasteiger partial charge in [-0.1, -0.05) is 25.7 Å². The van der Waals surface area contributed by atoms with Crippen LogP contribution in [0.15, 0.2) is 0 Å². The second-order valence-corrected chi connectivity index (χ2v) is 8.25. The predicted octanol–water partition coefficient (Wildman–Crippen LogP) is 1.43. The molecular formula is C18H26N2O2. The lowest BCUT2D eigenvalue weighted by Crippen LogP contribution is -2.67. The largest absolute Gasteiger partial charge is 0.301 e. The normalized spacial score (nSPS) is 53.6. The van der Waals surface area contributed by atoms with Crippen LogP contribution in [0.3, 0.4) is 0 Å². The van der Waals surface area contributed by atoms with E-state index >= 15 is 0 Å². The summed E-state index contributed by atoms with van der Waals surface area (Å²) in [5.74, 6) is 2.31. The summed E-state index contributed by atoms with van der Waals surface area (Å²) in [5.41, 5.74) is 0. The van der Waals surface area contributed by atoms with Crippen molar-refractivity contribution < 1.29 is 9.59 Å². The van der Waals surface area contributed by atoms with E-state index in [1.807, 2.05) is 0 Å². The predicted molar refractivity (Wildman–Crippen MR) is 82.3 cm³/mol. The van der Waals surface area contributed by atoms with Crippen molar-refractivity contribution in [3.05, 3.63) is 0 Å². The van der Waals surface area contributed by atoms with Gasteiger partial charge in [0.05, 0.1) is 12.1 Å². The Bertz CT molecular complexity index is 473. The van der Waals surface area contributed by atoms with Gasteiger partial charge < -0.3 is 10.6 Å². The molecule has 8 atom stereocenters. The number of nitrogens with one attached hydrogen (secondary N) is 2. The first-order chi connectivity index (χ1) is 10.8. The zero-order valence-corrected chi connectivity index (χ0v) is 13.1. The maximum absolute atomic E-state index is 12.8. The Labute approximate surface area is 131 Å². The zero-order valence-electron chi connectivity index (χ0n) is 13.1. The monoisotopic (exact) mass is 302 g/mol. The Morgan fingerprint density at radius 3 is 1.50 bits per heavy atom. The summed E-state index contributed by atoms with van der Waals surface area (Å²) in [4.78, 5) is 25.6. The maximum atomic E-state index is 12.8. The van der Waals surface area contributed by atoms with Gasteiger partial charge in [-0.25, -0.2) is 0 Å². The molecule has 1 heterocycles. The molecular weight excluding hydrogens is 276 g/mol. The highest BCUT2D eigenvalue weighted by molar-refractivity contribution is 5.94. The number of rotatable bonds is 0. The highest BCUT2D eigenvalue weighted by atomic mass is 16.1. The van der Waals surface area contributed by atoms with Crippen molar-refractivity contribution in [3.8, 4) is 0 Å². The molecule has 8 unspecified atom stereocenters. The molecule has 120 valence electrons. The molecule has 4 nitrogen and oxygen atoms in total. The molecule has 5 aliphatic rings. The van der Waals surface area contributed by atoms with E-state index in [4.69, 9.17) is 0 Å². The van der Waals surface area contributed by atoms with E-state index in [2.05, 4.69) is 10.6 Å². The number of fused-ring (bicyclic) bond motifs is 6. The Kier molecular flexibility index (Phi) is 3.03. The van der Waals surface area contributed by atoms with E-state index in [1.54, 1.807) is 0 Å². The van der Waals surface area contributed by atoms with E-state index < -0.39 is 0 Å². The molecule has 0 aromatic carbocycles. The van der Waals surface area contributed by atoms with E-state index in [0.717, 1.165) is 25.7 Å². The van der Waals surface area contributed by atoms with Gasteiger partial charge >= 0.3 is 0 Å². The lowest BCUT2D eigenvalue weighted by molar-refractivity contribution is -0.125. The number of Topliss-reactive ketones (excluding diaryl/α,β-unsaturated/α-hetero) is 2. The minimum atomic E-state index is -0.0252. The van der Waals surface area contributed by atoms with Crippen LogP contribution in [-0.2, 0) is 9.59 Å². The molecule has 0 radical (unpaired) electrons. The molecule has 4 heteroatoms. The molecule has 0 aromatic rings. The van der Waals surface area contributed by atoms with Crippen LogP contribution < -0.4 is 10.6 Å². The molecule has 0 bridgehead atoms. The molecule has 0 spiro atoms. The first kappa shape index (κ1) is 13.7. The average Bonchev–Trinajstić information content (AvgIpc) is 3.01. The smallest absolute Gasteiger partial charge is 0.154 e. The SMILES string of the molecule is O=C1C2CCCCC2C2NC3C(=O)C4CCCCC4C3NC12. The number of piperazine rings is 1. The van der Waals surface area contributed by atoms with E-state index in [0.29, 0.717) is 23.4 Å². The lowest BCUT2D eigenvalue weighted by atomic mass is 9.79. The van der Waals surface area contributed by atoms with Crippen LogP contribution in [0.4, 0.5) is 0 Å². The maximum Gasteiger partial charge on any atom is 0.154 e. The second kappa shape index (κ2) is 4.88. The Balaban J connectivity index is 1.45. The van der Waals surface area contributed by atoms with Crippen molar-refractivity contribution >= 4 is 11.6 Å². The van der Waals surface area contributed by atoms with Crippen LogP contribution in [0, 0.1) is 23.7 Å². The number of carbonyl (C=O) groups is 2. The van der Waals surface area contributed by atoms with Gasteiger partial charge in [0.2, 0.25) is 0 Å². The fourth-order valence-electron chi connectivity index (χ4n) is 6.42. The van der Waals surface area contributed by atoms with Crippen LogP contribution >= 0.6 is 0 Å². The van der Waals surface area contributed by atoms with Gasteiger partial charge in [0.1, 0.15) is 0 Å². The fourth-order valence-corrected chi connectivity index (χ4v) is 6.42. The molecule has 2 N–H and O–H groups in total. The van der Waals surface area contributed by atoms with Gasteiger partial charge in [0, 0.05) is 23.9 Å². The van der Waals surface area contributed by atoms with Crippen molar-refractivity contribution in [2.24, 2.45) is 23.7 Å². The van der Waals surface area contributed by atoms with E-state index in [-0.39, 0.29) is 36.0 Å². The summed E-state index contributed by atoms with van der Waals surface area (Å²) in [6, 6.07) is 0.372.